The van der Waals surface area contributed by atoms with Crippen LogP contribution in [0.4, 0.5) is 6.01 Å². The van der Waals surface area contributed by atoms with Crippen LogP contribution in [0.15, 0.2) is 77.2 Å². The maximum atomic E-state index is 12.5. The summed E-state index contributed by atoms with van der Waals surface area (Å²) in [5.41, 5.74) is 3.36. The fourth-order valence-electron chi connectivity index (χ4n) is 2.82. The molecule has 5 nitrogen and oxygen atoms in total. The predicted molar refractivity (Wildman–Crippen MR) is 113 cm³/mol. The number of carbonyl (C=O) groups is 1. The predicted octanol–water partition coefficient (Wildman–Crippen LogP) is 5.89. The van der Waals surface area contributed by atoms with Crippen LogP contribution in [-0.2, 0) is 6.42 Å². The van der Waals surface area contributed by atoms with E-state index in [-0.39, 0.29) is 17.8 Å². The molecule has 0 fully saturated rings. The van der Waals surface area contributed by atoms with Crippen molar-refractivity contribution in [3.8, 4) is 11.5 Å². The Labute approximate surface area is 177 Å². The van der Waals surface area contributed by atoms with Crippen molar-refractivity contribution in [3.05, 3.63) is 99.5 Å². The Hall–Kier alpha value is -3.15. The normalized spacial score (nSPS) is 10.7. The third kappa shape index (κ3) is 4.65. The average Bonchev–Trinajstić information content (AvgIpc) is 3.17. The number of benzene rings is 3. The lowest BCUT2D eigenvalue weighted by atomic mass is 10.0. The Morgan fingerprint density at radius 3 is 2.34 bits per heavy atom. The van der Waals surface area contributed by atoms with Crippen LogP contribution in [0.25, 0.3) is 11.5 Å². The van der Waals surface area contributed by atoms with Crippen molar-refractivity contribution < 1.29 is 9.21 Å². The number of aromatic nitrogens is 2. The Kier molecular flexibility index (Phi) is 5.60. The lowest BCUT2D eigenvalue weighted by molar-refractivity contribution is 0.102. The molecule has 0 aliphatic carbocycles. The van der Waals surface area contributed by atoms with Crippen molar-refractivity contribution in [2.45, 2.75) is 6.42 Å². The number of carbonyl (C=O) groups excluding carboxylic acids is 1. The molecule has 4 aromatic rings. The molecule has 1 heterocycles. The van der Waals surface area contributed by atoms with E-state index < -0.39 is 0 Å². The lowest BCUT2D eigenvalue weighted by Gasteiger charge is -2.04. The zero-order valence-corrected chi connectivity index (χ0v) is 16.6. The molecule has 29 heavy (non-hydrogen) atoms. The number of nitrogens with zero attached hydrogens (tertiary/aromatic N) is 2. The van der Waals surface area contributed by atoms with Crippen molar-refractivity contribution in [2.75, 3.05) is 5.32 Å². The largest absolute Gasteiger partial charge is 0.403 e. The fourth-order valence-corrected chi connectivity index (χ4v) is 3.31. The molecule has 1 aromatic heterocycles. The number of nitrogens with one attached hydrogen (secondary N) is 1. The minimum atomic E-state index is -0.339. The highest BCUT2D eigenvalue weighted by molar-refractivity contribution is 6.36. The topological polar surface area (TPSA) is 68.0 Å². The minimum Gasteiger partial charge on any atom is -0.403 e. The van der Waals surface area contributed by atoms with Gasteiger partial charge < -0.3 is 4.42 Å². The van der Waals surface area contributed by atoms with Gasteiger partial charge in [0.15, 0.2) is 0 Å². The van der Waals surface area contributed by atoms with Gasteiger partial charge in [-0.25, -0.2) is 0 Å². The number of hydrogen-bond donors (Lipinski definition) is 1. The molecular weight excluding hydrogens is 409 g/mol. The van der Waals surface area contributed by atoms with E-state index in [0.717, 1.165) is 12.0 Å². The second-order valence-corrected chi connectivity index (χ2v) is 7.19. The van der Waals surface area contributed by atoms with E-state index in [4.69, 9.17) is 27.6 Å². The smallest absolute Gasteiger partial charge is 0.322 e. The van der Waals surface area contributed by atoms with Gasteiger partial charge in [0.2, 0.25) is 0 Å². The van der Waals surface area contributed by atoms with Gasteiger partial charge in [0.05, 0.1) is 10.6 Å². The van der Waals surface area contributed by atoms with Gasteiger partial charge in [0.25, 0.3) is 11.8 Å². The third-order valence-electron chi connectivity index (χ3n) is 4.27. The molecule has 0 aliphatic rings. The molecule has 3 aromatic carbocycles. The van der Waals surface area contributed by atoms with E-state index >= 15 is 0 Å². The number of rotatable bonds is 5. The monoisotopic (exact) mass is 423 g/mol. The molecule has 0 unspecified atom stereocenters. The maximum absolute atomic E-state index is 12.5. The number of hydrogen-bond acceptors (Lipinski definition) is 4. The summed E-state index contributed by atoms with van der Waals surface area (Å²) in [5.74, 6) is -0.145. The first-order valence-corrected chi connectivity index (χ1v) is 9.57. The van der Waals surface area contributed by atoms with Crippen LogP contribution in [0.2, 0.25) is 10.0 Å². The molecule has 1 amide bonds. The Bertz CT molecular complexity index is 1140. The van der Waals surface area contributed by atoms with Gasteiger partial charge in [-0.15, -0.1) is 5.10 Å². The summed E-state index contributed by atoms with van der Waals surface area (Å²) in [5, 5.41) is 11.3. The molecule has 0 bridgehead atoms. The Balaban J connectivity index is 1.44. The SMILES string of the molecule is O=C(Nc1nnc(-c2ccc(Cl)cc2Cl)o1)c1ccc(Cc2ccccc2)cc1. The zero-order chi connectivity index (χ0) is 20.2. The molecule has 0 radical (unpaired) electrons. The van der Waals surface area contributed by atoms with Crippen LogP contribution in [-0.4, -0.2) is 16.1 Å². The maximum Gasteiger partial charge on any atom is 0.322 e. The number of anilines is 1. The standard InChI is InChI=1S/C22H15Cl2N3O2/c23-17-10-11-18(19(24)13-17)21-26-27-22(29-21)25-20(28)16-8-6-15(7-9-16)12-14-4-2-1-3-5-14/h1-11,13H,12H2,(H,25,27,28). The Morgan fingerprint density at radius 1 is 0.897 bits per heavy atom. The fraction of sp³-hybridized carbons (Fsp3) is 0.0455. The summed E-state index contributed by atoms with van der Waals surface area (Å²) in [6.45, 7) is 0. The van der Waals surface area contributed by atoms with Crippen molar-refractivity contribution in [1.29, 1.82) is 0 Å². The van der Waals surface area contributed by atoms with Crippen molar-refractivity contribution in [1.82, 2.24) is 10.2 Å². The first kappa shape index (κ1) is 19.2. The molecule has 0 aliphatic heterocycles. The summed E-state index contributed by atoms with van der Waals surface area (Å²) in [6, 6.07) is 22.4. The number of amides is 1. The van der Waals surface area contributed by atoms with E-state index in [1.54, 1.807) is 30.3 Å². The second kappa shape index (κ2) is 8.47. The molecule has 1 N–H and O–H groups in total. The highest BCUT2D eigenvalue weighted by Crippen LogP contribution is 2.30. The highest BCUT2D eigenvalue weighted by atomic mass is 35.5. The van der Waals surface area contributed by atoms with Gasteiger partial charge >= 0.3 is 6.01 Å². The Morgan fingerprint density at radius 2 is 1.62 bits per heavy atom. The first-order chi connectivity index (χ1) is 14.1. The van der Waals surface area contributed by atoms with E-state index in [0.29, 0.717) is 21.2 Å². The van der Waals surface area contributed by atoms with E-state index in [1.165, 1.54) is 5.56 Å². The van der Waals surface area contributed by atoms with Gasteiger partial charge in [-0.1, -0.05) is 70.8 Å². The quantitative estimate of drug-likeness (QED) is 0.434. The second-order valence-electron chi connectivity index (χ2n) is 6.35. The van der Waals surface area contributed by atoms with Crippen LogP contribution < -0.4 is 5.32 Å². The summed E-state index contributed by atoms with van der Waals surface area (Å²) in [4.78, 5) is 12.5. The molecular formula is C22H15Cl2N3O2. The molecule has 4 rings (SSSR count). The first-order valence-electron chi connectivity index (χ1n) is 8.81. The molecule has 144 valence electrons. The molecule has 0 atom stereocenters. The van der Waals surface area contributed by atoms with Gasteiger partial charge in [0.1, 0.15) is 0 Å². The van der Waals surface area contributed by atoms with E-state index in [2.05, 4.69) is 27.6 Å². The van der Waals surface area contributed by atoms with Crippen molar-refractivity contribution in [2.24, 2.45) is 0 Å². The van der Waals surface area contributed by atoms with Crippen LogP contribution in [0.5, 0.6) is 0 Å². The van der Waals surface area contributed by atoms with Crippen LogP contribution in [0, 0.1) is 0 Å². The van der Waals surface area contributed by atoms with Crippen molar-refractivity contribution in [3.63, 3.8) is 0 Å². The van der Waals surface area contributed by atoms with Crippen LogP contribution in [0.3, 0.4) is 0 Å². The minimum absolute atomic E-state index is 0.00983. The summed E-state index contributed by atoms with van der Waals surface area (Å²) in [6.07, 6.45) is 0.803. The molecule has 7 heteroatoms. The lowest BCUT2D eigenvalue weighted by Crippen LogP contribution is -2.12. The van der Waals surface area contributed by atoms with E-state index in [1.807, 2.05) is 30.3 Å². The molecule has 0 saturated carbocycles. The average molecular weight is 424 g/mol. The molecule has 0 spiro atoms. The molecule has 0 saturated heterocycles. The highest BCUT2D eigenvalue weighted by Gasteiger charge is 2.15. The van der Waals surface area contributed by atoms with Gasteiger partial charge in [-0.05, 0) is 47.9 Å². The van der Waals surface area contributed by atoms with E-state index in [9.17, 15) is 4.79 Å². The summed E-state index contributed by atoms with van der Waals surface area (Å²) >= 11 is 12.0. The van der Waals surface area contributed by atoms with Crippen molar-refractivity contribution >= 4 is 35.1 Å². The summed E-state index contributed by atoms with van der Waals surface area (Å²) < 4.78 is 5.50. The van der Waals surface area contributed by atoms with Crippen LogP contribution in [0.1, 0.15) is 21.5 Å². The zero-order valence-electron chi connectivity index (χ0n) is 15.1. The van der Waals surface area contributed by atoms with Crippen LogP contribution >= 0.6 is 23.2 Å². The van der Waals surface area contributed by atoms with Gasteiger partial charge in [-0.3, -0.25) is 10.1 Å². The summed E-state index contributed by atoms with van der Waals surface area (Å²) in [7, 11) is 0. The van der Waals surface area contributed by atoms with Gasteiger partial charge in [-0.2, -0.15) is 0 Å². The number of halogens is 2. The third-order valence-corrected chi connectivity index (χ3v) is 4.82. The van der Waals surface area contributed by atoms with Gasteiger partial charge in [0, 0.05) is 10.6 Å².